The van der Waals surface area contributed by atoms with E-state index in [-0.39, 0.29) is 17.4 Å². The highest BCUT2D eigenvalue weighted by molar-refractivity contribution is 7.89. The third-order valence-corrected chi connectivity index (χ3v) is 5.48. The molecule has 0 radical (unpaired) electrons. The minimum Gasteiger partial charge on any atom is -0.396 e. The van der Waals surface area contributed by atoms with E-state index in [1.807, 2.05) is 49.4 Å². The Morgan fingerprint density at radius 3 is 2.36 bits per heavy atom. The highest BCUT2D eigenvalue weighted by Gasteiger charge is 2.14. The lowest BCUT2D eigenvalue weighted by molar-refractivity contribution is 0.267. The van der Waals surface area contributed by atoms with Crippen LogP contribution in [0, 0.1) is 12.8 Å². The van der Waals surface area contributed by atoms with Crippen LogP contribution < -0.4 is 4.72 Å². The molecule has 5 heteroatoms. The van der Waals surface area contributed by atoms with Gasteiger partial charge in [0, 0.05) is 13.2 Å². The molecule has 1 atom stereocenters. The summed E-state index contributed by atoms with van der Waals surface area (Å²) in [6.07, 6.45) is 5.28. The fraction of sp³-hybridized carbons (Fsp3) is 0.300. The first-order chi connectivity index (χ1) is 12.0. The van der Waals surface area contributed by atoms with Crippen molar-refractivity contribution in [2.75, 3.05) is 13.2 Å². The molecule has 0 fully saturated rings. The Morgan fingerprint density at radius 1 is 1.04 bits per heavy atom. The second-order valence-corrected chi connectivity index (χ2v) is 7.81. The molecule has 1 unspecified atom stereocenters. The molecule has 0 heterocycles. The van der Waals surface area contributed by atoms with Crippen LogP contribution in [0.25, 0.3) is 6.08 Å². The lowest BCUT2D eigenvalue weighted by Crippen LogP contribution is -2.26. The van der Waals surface area contributed by atoms with Gasteiger partial charge in [0.05, 0.1) is 4.90 Å². The molecule has 0 aliphatic heterocycles. The molecule has 0 aliphatic rings. The van der Waals surface area contributed by atoms with Crippen LogP contribution in [0.1, 0.15) is 24.0 Å². The maximum absolute atomic E-state index is 12.3. The molecule has 25 heavy (non-hydrogen) atoms. The van der Waals surface area contributed by atoms with Gasteiger partial charge < -0.3 is 5.11 Å². The molecule has 0 saturated carbocycles. The van der Waals surface area contributed by atoms with Gasteiger partial charge in [-0.3, -0.25) is 0 Å². The van der Waals surface area contributed by atoms with Gasteiger partial charge in [-0.2, -0.15) is 0 Å². The average molecular weight is 359 g/mol. The number of allylic oxidation sites excluding steroid dienone is 1. The van der Waals surface area contributed by atoms with Gasteiger partial charge in [0.15, 0.2) is 0 Å². The summed E-state index contributed by atoms with van der Waals surface area (Å²) in [5.74, 6) is 0.117. The molecule has 2 aromatic rings. The van der Waals surface area contributed by atoms with Crippen molar-refractivity contribution >= 4 is 16.1 Å². The SMILES string of the molecule is Cc1ccc(S(=O)(=O)NCCC(/C=C/c2ccccc2)CCO)cc1. The van der Waals surface area contributed by atoms with Gasteiger partial charge in [-0.15, -0.1) is 0 Å². The lowest BCUT2D eigenvalue weighted by Gasteiger charge is -2.12. The van der Waals surface area contributed by atoms with E-state index >= 15 is 0 Å². The molecule has 0 amide bonds. The fourth-order valence-corrected chi connectivity index (χ4v) is 3.54. The minimum atomic E-state index is -3.49. The van der Waals surface area contributed by atoms with Crippen molar-refractivity contribution in [3.05, 3.63) is 71.8 Å². The van der Waals surface area contributed by atoms with Crippen LogP contribution in [0.2, 0.25) is 0 Å². The van der Waals surface area contributed by atoms with E-state index in [0.717, 1.165) is 11.1 Å². The Kier molecular flexibility index (Phi) is 7.37. The number of aliphatic hydroxyl groups is 1. The number of hydrogen-bond acceptors (Lipinski definition) is 3. The maximum atomic E-state index is 12.3. The average Bonchev–Trinajstić information content (AvgIpc) is 2.61. The molecule has 0 saturated heterocycles. The summed E-state index contributed by atoms with van der Waals surface area (Å²) >= 11 is 0. The van der Waals surface area contributed by atoms with Crippen LogP contribution in [0.15, 0.2) is 65.6 Å². The highest BCUT2D eigenvalue weighted by atomic mass is 32.2. The van der Waals surface area contributed by atoms with Crippen molar-refractivity contribution in [1.82, 2.24) is 4.72 Å². The molecule has 0 aliphatic carbocycles. The zero-order valence-electron chi connectivity index (χ0n) is 14.4. The molecule has 0 spiro atoms. The molecular formula is C20H25NO3S. The molecule has 4 nitrogen and oxygen atoms in total. The van der Waals surface area contributed by atoms with Crippen molar-refractivity contribution in [3.8, 4) is 0 Å². The van der Waals surface area contributed by atoms with Crippen LogP contribution in [-0.2, 0) is 10.0 Å². The Balaban J connectivity index is 1.92. The molecule has 134 valence electrons. The summed E-state index contributed by atoms with van der Waals surface area (Å²) in [7, 11) is -3.49. The van der Waals surface area contributed by atoms with Crippen molar-refractivity contribution in [1.29, 1.82) is 0 Å². The Bertz CT molecular complexity index is 768. The number of sulfonamides is 1. The number of aryl methyl sites for hydroxylation is 1. The lowest BCUT2D eigenvalue weighted by atomic mass is 10.0. The summed E-state index contributed by atoms with van der Waals surface area (Å²) in [6, 6.07) is 16.7. The first-order valence-electron chi connectivity index (χ1n) is 8.42. The Morgan fingerprint density at radius 2 is 1.72 bits per heavy atom. The molecule has 0 aromatic heterocycles. The molecule has 2 aromatic carbocycles. The summed E-state index contributed by atoms with van der Waals surface area (Å²) < 4.78 is 27.2. The van der Waals surface area contributed by atoms with Gasteiger partial charge in [-0.1, -0.05) is 60.2 Å². The predicted molar refractivity (Wildman–Crippen MR) is 102 cm³/mol. The fourth-order valence-electron chi connectivity index (χ4n) is 2.49. The summed E-state index contributed by atoms with van der Waals surface area (Å²) in [6.45, 7) is 2.33. The quantitative estimate of drug-likeness (QED) is 0.721. The Labute approximate surface area is 150 Å². The topological polar surface area (TPSA) is 66.4 Å². The van der Waals surface area contributed by atoms with Crippen LogP contribution in [0.4, 0.5) is 0 Å². The minimum absolute atomic E-state index is 0.0779. The Hall–Kier alpha value is -1.95. The second-order valence-electron chi connectivity index (χ2n) is 6.04. The van der Waals surface area contributed by atoms with Crippen LogP contribution in [0.5, 0.6) is 0 Å². The van der Waals surface area contributed by atoms with Gasteiger partial charge in [0.2, 0.25) is 10.0 Å². The predicted octanol–water partition coefficient (Wildman–Crippen LogP) is 3.38. The maximum Gasteiger partial charge on any atom is 0.240 e. The van der Waals surface area contributed by atoms with E-state index in [1.54, 1.807) is 24.3 Å². The zero-order valence-corrected chi connectivity index (χ0v) is 15.2. The van der Waals surface area contributed by atoms with E-state index in [4.69, 9.17) is 0 Å². The van der Waals surface area contributed by atoms with Crippen molar-refractivity contribution in [2.45, 2.75) is 24.7 Å². The van der Waals surface area contributed by atoms with Crippen LogP contribution in [-0.4, -0.2) is 26.7 Å². The highest BCUT2D eigenvalue weighted by Crippen LogP contribution is 2.14. The van der Waals surface area contributed by atoms with Gasteiger partial charge in [-0.25, -0.2) is 13.1 Å². The molecule has 2 rings (SSSR count). The van der Waals surface area contributed by atoms with Crippen molar-refractivity contribution < 1.29 is 13.5 Å². The van der Waals surface area contributed by atoms with E-state index < -0.39 is 10.0 Å². The summed E-state index contributed by atoms with van der Waals surface area (Å²) in [5, 5.41) is 9.22. The van der Waals surface area contributed by atoms with Gasteiger partial charge in [0.1, 0.15) is 0 Å². The smallest absolute Gasteiger partial charge is 0.240 e. The van der Waals surface area contributed by atoms with Crippen molar-refractivity contribution in [2.24, 2.45) is 5.92 Å². The first-order valence-corrected chi connectivity index (χ1v) is 9.90. The number of nitrogens with one attached hydrogen (secondary N) is 1. The van der Waals surface area contributed by atoms with Crippen LogP contribution in [0.3, 0.4) is 0 Å². The zero-order chi connectivity index (χ0) is 18.1. The van der Waals surface area contributed by atoms with E-state index in [1.165, 1.54) is 0 Å². The third kappa shape index (κ3) is 6.46. The normalized spacial score (nSPS) is 13.2. The number of hydrogen-bond donors (Lipinski definition) is 2. The third-order valence-electron chi connectivity index (χ3n) is 4.00. The number of benzene rings is 2. The van der Waals surface area contributed by atoms with Gasteiger partial charge in [0.25, 0.3) is 0 Å². The summed E-state index contributed by atoms with van der Waals surface area (Å²) in [4.78, 5) is 0.275. The molecule has 2 N–H and O–H groups in total. The van der Waals surface area contributed by atoms with E-state index in [9.17, 15) is 13.5 Å². The largest absolute Gasteiger partial charge is 0.396 e. The molecular weight excluding hydrogens is 334 g/mol. The monoisotopic (exact) mass is 359 g/mol. The van der Waals surface area contributed by atoms with Crippen LogP contribution >= 0.6 is 0 Å². The standard InChI is InChI=1S/C20H25NO3S/c1-17-7-11-20(12-8-17)25(23,24)21-15-13-19(14-16-22)10-9-18-5-3-2-4-6-18/h2-12,19,21-22H,13-16H2,1H3/b10-9+. The van der Waals surface area contributed by atoms with E-state index in [0.29, 0.717) is 19.4 Å². The van der Waals surface area contributed by atoms with Gasteiger partial charge in [-0.05, 0) is 43.4 Å². The summed E-state index contributed by atoms with van der Waals surface area (Å²) in [5.41, 5.74) is 2.11. The number of aliphatic hydroxyl groups excluding tert-OH is 1. The van der Waals surface area contributed by atoms with Gasteiger partial charge >= 0.3 is 0 Å². The number of rotatable bonds is 9. The second kappa shape index (κ2) is 9.51. The molecule has 0 bridgehead atoms. The first kappa shape index (κ1) is 19.4. The van der Waals surface area contributed by atoms with E-state index in [2.05, 4.69) is 4.72 Å². The van der Waals surface area contributed by atoms with Crippen molar-refractivity contribution in [3.63, 3.8) is 0 Å².